The maximum Gasteiger partial charge on any atom is 0.225 e. The Labute approximate surface area is 142 Å². The van der Waals surface area contributed by atoms with Crippen molar-refractivity contribution in [3.8, 4) is 11.3 Å². The van der Waals surface area contributed by atoms with Crippen LogP contribution in [-0.2, 0) is 6.54 Å². The van der Waals surface area contributed by atoms with E-state index in [2.05, 4.69) is 39.4 Å². The molecule has 3 aromatic rings. The van der Waals surface area contributed by atoms with Crippen molar-refractivity contribution in [2.24, 2.45) is 0 Å². The predicted octanol–water partition coefficient (Wildman–Crippen LogP) is 3.97. The number of anilines is 2. The quantitative estimate of drug-likeness (QED) is 0.720. The molecule has 2 heterocycles. The molecular weight excluding hydrogens is 298 g/mol. The summed E-state index contributed by atoms with van der Waals surface area (Å²) in [5, 5.41) is 6.65. The summed E-state index contributed by atoms with van der Waals surface area (Å²) < 4.78 is 0. The van der Waals surface area contributed by atoms with E-state index in [0.29, 0.717) is 18.5 Å². The molecule has 0 radical (unpaired) electrons. The van der Waals surface area contributed by atoms with Gasteiger partial charge in [-0.1, -0.05) is 30.3 Å². The highest BCUT2D eigenvalue weighted by atomic mass is 15.1. The highest BCUT2D eigenvalue weighted by Gasteiger charge is 2.07. The topological polar surface area (TPSA) is 62.7 Å². The third-order valence-electron chi connectivity index (χ3n) is 3.43. The van der Waals surface area contributed by atoms with Gasteiger partial charge in [0.15, 0.2) is 0 Å². The molecule has 0 spiro atoms. The van der Waals surface area contributed by atoms with E-state index in [1.807, 2.05) is 48.5 Å². The first-order chi connectivity index (χ1) is 11.7. The van der Waals surface area contributed by atoms with Gasteiger partial charge in [0.05, 0.1) is 5.69 Å². The first kappa shape index (κ1) is 15.9. The van der Waals surface area contributed by atoms with E-state index in [9.17, 15) is 0 Å². The number of hydrogen-bond acceptors (Lipinski definition) is 5. The maximum absolute atomic E-state index is 4.65. The summed E-state index contributed by atoms with van der Waals surface area (Å²) >= 11 is 0. The molecule has 24 heavy (non-hydrogen) atoms. The second-order valence-corrected chi connectivity index (χ2v) is 5.84. The molecule has 0 aliphatic heterocycles. The number of aromatic nitrogens is 3. The van der Waals surface area contributed by atoms with Crippen LogP contribution in [0.3, 0.4) is 0 Å². The first-order valence-electron chi connectivity index (χ1n) is 8.04. The molecule has 0 saturated heterocycles. The number of pyridine rings is 1. The zero-order chi connectivity index (χ0) is 16.8. The van der Waals surface area contributed by atoms with Crippen LogP contribution in [0, 0.1) is 0 Å². The molecule has 0 amide bonds. The zero-order valence-corrected chi connectivity index (χ0v) is 13.9. The van der Waals surface area contributed by atoms with Gasteiger partial charge in [-0.25, -0.2) is 4.98 Å². The van der Waals surface area contributed by atoms with Crippen molar-refractivity contribution in [3.05, 3.63) is 66.5 Å². The number of nitrogens with one attached hydrogen (secondary N) is 2. The normalized spacial score (nSPS) is 10.6. The van der Waals surface area contributed by atoms with Crippen molar-refractivity contribution < 1.29 is 0 Å². The molecule has 1 aromatic carbocycles. The molecule has 0 atom stereocenters. The van der Waals surface area contributed by atoms with E-state index in [-0.39, 0.29) is 0 Å². The van der Waals surface area contributed by atoms with Crippen LogP contribution in [0.25, 0.3) is 11.3 Å². The fraction of sp³-hybridized carbons (Fsp3) is 0.211. The Balaban J connectivity index is 1.87. The van der Waals surface area contributed by atoms with Crippen molar-refractivity contribution in [1.29, 1.82) is 0 Å². The standard InChI is InChI=1S/C19H21N5/c1-14(2)22-18-12-17(16-6-4-3-5-7-16)23-19(24-18)21-13-15-8-10-20-11-9-15/h3-12,14H,13H2,1-2H3,(H2,21,22,23,24). The number of rotatable bonds is 6. The Hall–Kier alpha value is -2.95. The zero-order valence-electron chi connectivity index (χ0n) is 13.9. The molecule has 5 nitrogen and oxygen atoms in total. The van der Waals surface area contributed by atoms with E-state index >= 15 is 0 Å². The minimum Gasteiger partial charge on any atom is -0.368 e. The van der Waals surface area contributed by atoms with Gasteiger partial charge in [0.2, 0.25) is 5.95 Å². The van der Waals surface area contributed by atoms with Crippen molar-refractivity contribution in [2.75, 3.05) is 10.6 Å². The first-order valence-corrected chi connectivity index (χ1v) is 8.04. The second kappa shape index (κ2) is 7.55. The lowest BCUT2D eigenvalue weighted by Crippen LogP contribution is -2.13. The Morgan fingerprint density at radius 3 is 2.42 bits per heavy atom. The van der Waals surface area contributed by atoms with Crippen LogP contribution in [0.4, 0.5) is 11.8 Å². The molecule has 2 aromatic heterocycles. The molecule has 0 bridgehead atoms. The van der Waals surface area contributed by atoms with Crippen LogP contribution in [0.15, 0.2) is 60.9 Å². The summed E-state index contributed by atoms with van der Waals surface area (Å²) in [5.41, 5.74) is 3.10. The van der Waals surface area contributed by atoms with Gasteiger partial charge < -0.3 is 10.6 Å². The summed E-state index contributed by atoms with van der Waals surface area (Å²) in [6.07, 6.45) is 3.56. The summed E-state index contributed by atoms with van der Waals surface area (Å²) in [6.45, 7) is 4.84. The minimum absolute atomic E-state index is 0.302. The van der Waals surface area contributed by atoms with Gasteiger partial charge in [-0.3, -0.25) is 4.98 Å². The molecule has 0 fully saturated rings. The van der Waals surface area contributed by atoms with Crippen LogP contribution < -0.4 is 10.6 Å². The molecule has 0 aliphatic carbocycles. The fourth-order valence-electron chi connectivity index (χ4n) is 2.33. The van der Waals surface area contributed by atoms with E-state index < -0.39 is 0 Å². The maximum atomic E-state index is 4.65. The van der Waals surface area contributed by atoms with Crippen molar-refractivity contribution >= 4 is 11.8 Å². The van der Waals surface area contributed by atoms with Gasteiger partial charge in [0.1, 0.15) is 5.82 Å². The summed E-state index contributed by atoms with van der Waals surface area (Å²) in [6, 6.07) is 16.4. The van der Waals surface area contributed by atoms with Gasteiger partial charge in [0.25, 0.3) is 0 Å². The lowest BCUT2D eigenvalue weighted by Gasteiger charge is -2.13. The third kappa shape index (κ3) is 4.29. The van der Waals surface area contributed by atoms with Crippen molar-refractivity contribution in [3.63, 3.8) is 0 Å². The van der Waals surface area contributed by atoms with Crippen LogP contribution in [0.5, 0.6) is 0 Å². The highest BCUT2D eigenvalue weighted by molar-refractivity contribution is 5.64. The third-order valence-corrected chi connectivity index (χ3v) is 3.43. The smallest absolute Gasteiger partial charge is 0.225 e. The molecule has 0 aliphatic rings. The molecule has 122 valence electrons. The molecule has 5 heteroatoms. The van der Waals surface area contributed by atoms with Gasteiger partial charge in [0, 0.05) is 36.6 Å². The van der Waals surface area contributed by atoms with Crippen LogP contribution in [-0.4, -0.2) is 21.0 Å². The molecular formula is C19H21N5. The predicted molar refractivity (Wildman–Crippen MR) is 97.8 cm³/mol. The summed E-state index contributed by atoms with van der Waals surface area (Å²) in [7, 11) is 0. The van der Waals surface area contributed by atoms with E-state index in [4.69, 9.17) is 0 Å². The van der Waals surface area contributed by atoms with Crippen LogP contribution >= 0.6 is 0 Å². The number of benzene rings is 1. The summed E-state index contributed by atoms with van der Waals surface area (Å²) in [5.74, 6) is 1.42. The minimum atomic E-state index is 0.302. The average molecular weight is 319 g/mol. The largest absolute Gasteiger partial charge is 0.368 e. The van der Waals surface area contributed by atoms with E-state index in [1.165, 1.54) is 0 Å². The van der Waals surface area contributed by atoms with Crippen molar-refractivity contribution in [2.45, 2.75) is 26.4 Å². The van der Waals surface area contributed by atoms with Crippen LogP contribution in [0.2, 0.25) is 0 Å². The fourth-order valence-corrected chi connectivity index (χ4v) is 2.33. The second-order valence-electron chi connectivity index (χ2n) is 5.84. The van der Waals surface area contributed by atoms with Crippen molar-refractivity contribution in [1.82, 2.24) is 15.0 Å². The van der Waals surface area contributed by atoms with E-state index in [1.54, 1.807) is 12.4 Å². The molecule has 3 rings (SSSR count). The van der Waals surface area contributed by atoms with Crippen LogP contribution in [0.1, 0.15) is 19.4 Å². The lowest BCUT2D eigenvalue weighted by atomic mass is 10.1. The molecule has 0 saturated carbocycles. The summed E-state index contributed by atoms with van der Waals surface area (Å²) in [4.78, 5) is 13.2. The SMILES string of the molecule is CC(C)Nc1cc(-c2ccccc2)nc(NCc2ccncc2)n1. The average Bonchev–Trinajstić information content (AvgIpc) is 2.61. The Kier molecular flexibility index (Phi) is 5.01. The van der Waals surface area contributed by atoms with Gasteiger partial charge in [-0.05, 0) is 31.5 Å². The Morgan fingerprint density at radius 1 is 0.958 bits per heavy atom. The van der Waals surface area contributed by atoms with Gasteiger partial charge >= 0.3 is 0 Å². The lowest BCUT2D eigenvalue weighted by molar-refractivity contribution is 0.885. The van der Waals surface area contributed by atoms with E-state index in [0.717, 1.165) is 22.6 Å². The number of hydrogen-bond donors (Lipinski definition) is 2. The molecule has 0 unspecified atom stereocenters. The Morgan fingerprint density at radius 2 is 1.71 bits per heavy atom. The Bertz CT molecular complexity index is 772. The highest BCUT2D eigenvalue weighted by Crippen LogP contribution is 2.21. The monoisotopic (exact) mass is 319 g/mol. The molecule has 2 N–H and O–H groups in total. The van der Waals surface area contributed by atoms with Gasteiger partial charge in [-0.15, -0.1) is 0 Å². The number of nitrogens with zero attached hydrogens (tertiary/aromatic N) is 3. The van der Waals surface area contributed by atoms with Gasteiger partial charge in [-0.2, -0.15) is 4.98 Å².